The molecule has 2 aromatic carbocycles. The zero-order valence-electron chi connectivity index (χ0n) is 17.3. The van der Waals surface area contributed by atoms with Gasteiger partial charge < -0.3 is 20.2 Å². The van der Waals surface area contributed by atoms with Crippen molar-refractivity contribution in [1.82, 2.24) is 9.97 Å². The Labute approximate surface area is 177 Å². The molecule has 6 nitrogen and oxygen atoms in total. The van der Waals surface area contributed by atoms with Gasteiger partial charge in [0.05, 0.1) is 11.1 Å². The highest BCUT2D eigenvalue weighted by molar-refractivity contribution is 6.48. The van der Waals surface area contributed by atoms with Gasteiger partial charge in [-0.1, -0.05) is 29.8 Å². The number of fused-ring (bicyclic) bond motifs is 2. The number of aromatic nitrogens is 2. The van der Waals surface area contributed by atoms with Gasteiger partial charge in [0.25, 0.3) is 0 Å². The van der Waals surface area contributed by atoms with Crippen LogP contribution in [0.3, 0.4) is 0 Å². The molecule has 4 aromatic rings. The van der Waals surface area contributed by atoms with Crippen LogP contribution in [0.25, 0.3) is 33.0 Å². The number of aromatic amines is 2. The van der Waals surface area contributed by atoms with E-state index in [0.717, 1.165) is 22.2 Å². The van der Waals surface area contributed by atoms with Crippen LogP contribution in [0.1, 0.15) is 27.9 Å². The lowest BCUT2D eigenvalue weighted by Crippen LogP contribution is -2.23. The van der Waals surface area contributed by atoms with E-state index < -0.39 is 23.1 Å². The molecular weight excluding hydrogens is 392 g/mol. The first-order chi connectivity index (χ1) is 14.8. The quantitative estimate of drug-likeness (QED) is 0.349. The SMILES string of the molecule is Cc1ccc2[nH]c(C)c(C3=C(O)C(=O)C(c4c[nH]c5c(C)cccc45)=C(O)C3=O)c2c1. The van der Waals surface area contributed by atoms with E-state index in [0.29, 0.717) is 27.6 Å². The van der Waals surface area contributed by atoms with E-state index in [1.54, 1.807) is 19.2 Å². The van der Waals surface area contributed by atoms with Crippen molar-refractivity contribution in [2.45, 2.75) is 20.8 Å². The summed E-state index contributed by atoms with van der Waals surface area (Å²) in [5.41, 5.74) is 4.56. The third kappa shape index (κ3) is 2.58. The second-order valence-corrected chi connectivity index (χ2v) is 7.98. The van der Waals surface area contributed by atoms with Gasteiger partial charge in [0.15, 0.2) is 11.5 Å². The van der Waals surface area contributed by atoms with Crippen LogP contribution in [0, 0.1) is 20.8 Å². The lowest BCUT2D eigenvalue weighted by atomic mass is 9.85. The highest BCUT2D eigenvalue weighted by Crippen LogP contribution is 2.40. The minimum atomic E-state index is -0.782. The first kappa shape index (κ1) is 18.9. The van der Waals surface area contributed by atoms with Gasteiger partial charge in [-0.2, -0.15) is 0 Å². The maximum atomic E-state index is 13.3. The number of aliphatic hydroxyl groups is 2. The highest BCUT2D eigenvalue weighted by atomic mass is 16.3. The number of hydrogen-bond donors (Lipinski definition) is 4. The van der Waals surface area contributed by atoms with Crippen molar-refractivity contribution >= 4 is 44.5 Å². The fourth-order valence-corrected chi connectivity index (χ4v) is 4.44. The molecule has 0 unspecified atom stereocenters. The smallest absolute Gasteiger partial charge is 0.232 e. The van der Waals surface area contributed by atoms with Crippen LogP contribution < -0.4 is 0 Å². The van der Waals surface area contributed by atoms with E-state index in [9.17, 15) is 19.8 Å². The topological polar surface area (TPSA) is 106 Å². The molecular formula is C25H20N2O4. The summed E-state index contributed by atoms with van der Waals surface area (Å²) < 4.78 is 0. The molecule has 0 radical (unpaired) electrons. The van der Waals surface area contributed by atoms with Crippen LogP contribution in [0.4, 0.5) is 0 Å². The number of hydrogen-bond acceptors (Lipinski definition) is 4. The van der Waals surface area contributed by atoms with Crippen LogP contribution in [-0.4, -0.2) is 31.7 Å². The molecule has 0 spiro atoms. The van der Waals surface area contributed by atoms with Crippen molar-refractivity contribution in [3.05, 3.63) is 82.1 Å². The Hall–Kier alpha value is -4.06. The molecule has 1 aliphatic rings. The summed E-state index contributed by atoms with van der Waals surface area (Å²) in [5, 5.41) is 23.1. The Balaban J connectivity index is 1.74. The number of carbonyl (C=O) groups excluding carboxylic acids is 2. The summed E-state index contributed by atoms with van der Waals surface area (Å²) >= 11 is 0. The Morgan fingerprint density at radius 1 is 0.839 bits per heavy atom. The predicted octanol–water partition coefficient (Wildman–Crippen LogP) is 4.96. The minimum Gasteiger partial charge on any atom is -0.504 e. The number of Topliss-reactive ketones (excluding diaryl/α,β-unsaturated/α-hetero) is 2. The van der Waals surface area contributed by atoms with Crippen molar-refractivity contribution in [1.29, 1.82) is 0 Å². The molecule has 0 amide bonds. The monoisotopic (exact) mass is 412 g/mol. The number of ketones is 2. The Morgan fingerprint density at radius 2 is 1.55 bits per heavy atom. The standard InChI is InChI=1S/C25H20N2O4/c1-11-7-8-17-15(9-11)18(13(3)27-17)20-24(30)22(28)19(23(29)25(20)31)16-10-26-21-12(2)5-4-6-14(16)21/h4-10,26-28,31H,1-3H3. The first-order valence-corrected chi connectivity index (χ1v) is 9.91. The van der Waals surface area contributed by atoms with Crippen LogP contribution in [0.2, 0.25) is 0 Å². The summed E-state index contributed by atoms with van der Waals surface area (Å²) in [6.07, 6.45) is 1.58. The minimum absolute atomic E-state index is 0.184. The number of allylic oxidation sites excluding steroid dienone is 2. The average molecular weight is 412 g/mol. The lowest BCUT2D eigenvalue weighted by Gasteiger charge is -2.18. The summed E-state index contributed by atoms with van der Waals surface area (Å²) in [6, 6.07) is 11.2. The summed E-state index contributed by atoms with van der Waals surface area (Å²) in [7, 11) is 0. The Morgan fingerprint density at radius 3 is 2.32 bits per heavy atom. The van der Waals surface area contributed by atoms with Crippen molar-refractivity contribution in [3.63, 3.8) is 0 Å². The zero-order valence-corrected chi connectivity index (χ0v) is 17.3. The summed E-state index contributed by atoms with van der Waals surface area (Å²) in [6.45, 7) is 5.60. The van der Waals surface area contributed by atoms with Crippen molar-refractivity contribution in [2.24, 2.45) is 0 Å². The molecule has 4 N–H and O–H groups in total. The molecule has 0 aliphatic heterocycles. The van der Waals surface area contributed by atoms with Crippen LogP contribution in [0.5, 0.6) is 0 Å². The van der Waals surface area contributed by atoms with Gasteiger partial charge in [-0.05, 0) is 38.5 Å². The Kier molecular flexibility index (Phi) is 3.95. The van der Waals surface area contributed by atoms with E-state index in [4.69, 9.17) is 0 Å². The molecule has 2 heterocycles. The number of nitrogens with one attached hydrogen (secondary N) is 2. The van der Waals surface area contributed by atoms with E-state index in [1.807, 2.05) is 44.2 Å². The van der Waals surface area contributed by atoms with E-state index in [-0.39, 0.29) is 11.1 Å². The number of aliphatic hydroxyl groups excluding tert-OH is 2. The van der Waals surface area contributed by atoms with Gasteiger partial charge in [0.1, 0.15) is 0 Å². The van der Waals surface area contributed by atoms with Gasteiger partial charge in [0, 0.05) is 44.8 Å². The third-order valence-electron chi connectivity index (χ3n) is 5.94. The molecule has 0 bridgehead atoms. The molecule has 5 rings (SSSR count). The van der Waals surface area contributed by atoms with Crippen LogP contribution >= 0.6 is 0 Å². The van der Waals surface area contributed by atoms with Gasteiger partial charge in [0.2, 0.25) is 11.6 Å². The van der Waals surface area contributed by atoms with E-state index >= 15 is 0 Å². The zero-order chi connectivity index (χ0) is 22.0. The summed E-state index contributed by atoms with van der Waals surface area (Å²) in [5.74, 6) is -2.89. The molecule has 0 fully saturated rings. The van der Waals surface area contributed by atoms with Gasteiger partial charge in [-0.15, -0.1) is 0 Å². The fourth-order valence-electron chi connectivity index (χ4n) is 4.44. The van der Waals surface area contributed by atoms with Gasteiger partial charge in [-0.3, -0.25) is 9.59 Å². The summed E-state index contributed by atoms with van der Waals surface area (Å²) in [4.78, 5) is 32.8. The van der Waals surface area contributed by atoms with Gasteiger partial charge in [-0.25, -0.2) is 0 Å². The van der Waals surface area contributed by atoms with Crippen molar-refractivity contribution in [3.8, 4) is 0 Å². The van der Waals surface area contributed by atoms with Crippen molar-refractivity contribution < 1.29 is 19.8 Å². The molecule has 6 heteroatoms. The molecule has 154 valence electrons. The maximum Gasteiger partial charge on any atom is 0.232 e. The number of benzene rings is 2. The molecule has 0 saturated carbocycles. The first-order valence-electron chi connectivity index (χ1n) is 9.91. The lowest BCUT2D eigenvalue weighted by molar-refractivity contribution is -0.116. The third-order valence-corrected chi connectivity index (χ3v) is 5.94. The average Bonchev–Trinajstić information content (AvgIpc) is 3.29. The molecule has 0 saturated heterocycles. The van der Waals surface area contributed by atoms with E-state index in [2.05, 4.69) is 9.97 Å². The molecule has 31 heavy (non-hydrogen) atoms. The van der Waals surface area contributed by atoms with E-state index in [1.165, 1.54) is 0 Å². The number of rotatable bonds is 2. The molecule has 2 aromatic heterocycles. The number of carbonyl (C=O) groups is 2. The number of aryl methyl sites for hydroxylation is 3. The second-order valence-electron chi connectivity index (χ2n) is 7.98. The second kappa shape index (κ2) is 6.47. The maximum absolute atomic E-state index is 13.3. The van der Waals surface area contributed by atoms with Crippen LogP contribution in [-0.2, 0) is 9.59 Å². The van der Waals surface area contributed by atoms with Gasteiger partial charge >= 0.3 is 0 Å². The fraction of sp³-hybridized carbons (Fsp3) is 0.120. The number of para-hydroxylation sites is 1. The molecule has 1 aliphatic carbocycles. The highest BCUT2D eigenvalue weighted by Gasteiger charge is 2.38. The predicted molar refractivity (Wildman–Crippen MR) is 120 cm³/mol. The number of H-pyrrole nitrogens is 2. The Bertz CT molecular complexity index is 1510. The molecule has 0 atom stereocenters. The van der Waals surface area contributed by atoms with Crippen LogP contribution in [0.15, 0.2) is 54.1 Å². The van der Waals surface area contributed by atoms with Crippen molar-refractivity contribution in [2.75, 3.05) is 0 Å². The largest absolute Gasteiger partial charge is 0.504 e. The normalized spacial score (nSPS) is 15.1.